The highest BCUT2D eigenvalue weighted by atomic mass is 79.9. The lowest BCUT2D eigenvalue weighted by molar-refractivity contribution is 0.0696. The maximum atomic E-state index is 12.1. The fraction of sp³-hybridized carbons (Fsp3) is 0. The van der Waals surface area contributed by atoms with E-state index < -0.39 is 11.9 Å². The first kappa shape index (κ1) is 15.8. The van der Waals surface area contributed by atoms with Crippen molar-refractivity contribution >= 4 is 56.7 Å². The van der Waals surface area contributed by atoms with E-state index in [1.54, 1.807) is 0 Å². The van der Waals surface area contributed by atoms with E-state index in [2.05, 4.69) is 26.2 Å². The first-order valence-electron chi connectivity index (χ1n) is 5.54. The molecule has 2 aromatic rings. The van der Waals surface area contributed by atoms with Crippen molar-refractivity contribution in [2.45, 2.75) is 0 Å². The highest BCUT2D eigenvalue weighted by molar-refractivity contribution is 9.10. The van der Waals surface area contributed by atoms with Crippen molar-refractivity contribution in [3.8, 4) is 0 Å². The Kier molecular flexibility index (Phi) is 4.82. The molecule has 2 rings (SSSR count). The minimum Gasteiger partial charge on any atom is -0.478 e. The van der Waals surface area contributed by atoms with E-state index in [1.165, 1.54) is 30.3 Å². The standard InChI is InChI=1S/C13H7BrCl2N2O3/c14-8-2-1-6(13(20)21)3-9(8)17-12(19)7-4-10(15)18-11(16)5-7/h1-5H,(H,17,19)(H,20,21). The fourth-order valence-corrected chi connectivity index (χ4v) is 2.35. The van der Waals surface area contributed by atoms with Crippen LogP contribution in [0.5, 0.6) is 0 Å². The van der Waals surface area contributed by atoms with Crippen molar-refractivity contribution in [2.75, 3.05) is 5.32 Å². The van der Waals surface area contributed by atoms with Crippen LogP contribution in [0.2, 0.25) is 10.3 Å². The average Bonchev–Trinajstić information content (AvgIpc) is 2.39. The summed E-state index contributed by atoms with van der Waals surface area (Å²) in [4.78, 5) is 26.8. The lowest BCUT2D eigenvalue weighted by atomic mass is 10.2. The summed E-state index contributed by atoms with van der Waals surface area (Å²) in [5, 5.41) is 11.7. The van der Waals surface area contributed by atoms with Gasteiger partial charge in [-0.25, -0.2) is 9.78 Å². The third-order valence-electron chi connectivity index (χ3n) is 2.49. The average molecular weight is 390 g/mol. The van der Waals surface area contributed by atoms with Gasteiger partial charge in [0.15, 0.2) is 0 Å². The van der Waals surface area contributed by atoms with Crippen molar-refractivity contribution < 1.29 is 14.7 Å². The number of benzene rings is 1. The van der Waals surface area contributed by atoms with Gasteiger partial charge in [-0.1, -0.05) is 23.2 Å². The van der Waals surface area contributed by atoms with Gasteiger partial charge in [-0.2, -0.15) is 0 Å². The molecule has 0 saturated heterocycles. The van der Waals surface area contributed by atoms with E-state index in [0.29, 0.717) is 10.2 Å². The van der Waals surface area contributed by atoms with Gasteiger partial charge < -0.3 is 10.4 Å². The Hall–Kier alpha value is -1.63. The Morgan fingerprint density at radius 1 is 1.10 bits per heavy atom. The maximum absolute atomic E-state index is 12.1. The van der Waals surface area contributed by atoms with Gasteiger partial charge in [0.1, 0.15) is 10.3 Å². The van der Waals surface area contributed by atoms with Gasteiger partial charge in [-0.15, -0.1) is 0 Å². The van der Waals surface area contributed by atoms with Gasteiger partial charge in [0.05, 0.1) is 11.3 Å². The van der Waals surface area contributed by atoms with Crippen LogP contribution in [-0.4, -0.2) is 22.0 Å². The Labute approximate surface area is 138 Å². The van der Waals surface area contributed by atoms with E-state index in [9.17, 15) is 9.59 Å². The minimum absolute atomic E-state index is 0.0549. The van der Waals surface area contributed by atoms with Crippen molar-refractivity contribution in [3.63, 3.8) is 0 Å². The van der Waals surface area contributed by atoms with Crippen LogP contribution in [0, 0.1) is 0 Å². The van der Waals surface area contributed by atoms with Crippen LogP contribution in [-0.2, 0) is 0 Å². The van der Waals surface area contributed by atoms with Crippen LogP contribution in [0.25, 0.3) is 0 Å². The number of hydrogen-bond acceptors (Lipinski definition) is 3. The number of aromatic carboxylic acids is 1. The number of carbonyl (C=O) groups excluding carboxylic acids is 1. The maximum Gasteiger partial charge on any atom is 0.335 e. The largest absolute Gasteiger partial charge is 0.478 e. The highest BCUT2D eigenvalue weighted by Crippen LogP contribution is 2.25. The van der Waals surface area contributed by atoms with Gasteiger partial charge in [-0.3, -0.25) is 4.79 Å². The summed E-state index contributed by atoms with van der Waals surface area (Å²) in [5.74, 6) is -1.57. The second kappa shape index (κ2) is 6.43. The Morgan fingerprint density at radius 3 is 2.29 bits per heavy atom. The van der Waals surface area contributed by atoms with E-state index in [1.807, 2.05) is 0 Å². The predicted octanol–water partition coefficient (Wildman–Crippen LogP) is 4.10. The number of nitrogens with zero attached hydrogens (tertiary/aromatic N) is 1. The summed E-state index contributed by atoms with van der Waals surface area (Å²) in [6.45, 7) is 0. The zero-order valence-corrected chi connectivity index (χ0v) is 13.3. The number of carbonyl (C=O) groups is 2. The van der Waals surface area contributed by atoms with Gasteiger partial charge in [-0.05, 0) is 46.3 Å². The van der Waals surface area contributed by atoms with Crippen LogP contribution in [0.4, 0.5) is 5.69 Å². The third-order valence-corrected chi connectivity index (χ3v) is 3.57. The summed E-state index contributed by atoms with van der Waals surface area (Å²) in [6.07, 6.45) is 0. The Balaban J connectivity index is 2.31. The van der Waals surface area contributed by atoms with E-state index in [0.717, 1.165) is 0 Å². The molecule has 2 N–H and O–H groups in total. The predicted molar refractivity (Wildman–Crippen MR) is 83.3 cm³/mol. The van der Waals surface area contributed by atoms with Crippen LogP contribution in [0.1, 0.15) is 20.7 Å². The van der Waals surface area contributed by atoms with Crippen LogP contribution >= 0.6 is 39.1 Å². The molecule has 0 spiro atoms. The smallest absolute Gasteiger partial charge is 0.335 e. The Bertz CT molecular complexity index is 717. The molecule has 0 atom stereocenters. The number of amides is 1. The summed E-state index contributed by atoms with van der Waals surface area (Å²) in [5.41, 5.74) is 0.593. The molecule has 21 heavy (non-hydrogen) atoms. The first-order chi connectivity index (χ1) is 9.86. The molecule has 8 heteroatoms. The quantitative estimate of drug-likeness (QED) is 0.774. The van der Waals surface area contributed by atoms with Gasteiger partial charge >= 0.3 is 5.97 Å². The van der Waals surface area contributed by atoms with Crippen molar-refractivity contribution in [2.24, 2.45) is 0 Å². The molecular formula is C13H7BrCl2N2O3. The van der Waals surface area contributed by atoms with E-state index >= 15 is 0 Å². The number of anilines is 1. The molecule has 1 aromatic heterocycles. The number of carboxylic acids is 1. The molecule has 108 valence electrons. The van der Waals surface area contributed by atoms with Gasteiger partial charge in [0, 0.05) is 10.0 Å². The topological polar surface area (TPSA) is 79.3 Å². The van der Waals surface area contributed by atoms with Gasteiger partial charge in [0.2, 0.25) is 0 Å². The van der Waals surface area contributed by atoms with E-state index in [4.69, 9.17) is 28.3 Å². The molecule has 0 radical (unpaired) electrons. The van der Waals surface area contributed by atoms with Crippen LogP contribution in [0.3, 0.4) is 0 Å². The number of aromatic nitrogens is 1. The van der Waals surface area contributed by atoms with Crippen LogP contribution < -0.4 is 5.32 Å². The summed E-state index contributed by atoms with van der Waals surface area (Å²) >= 11 is 14.7. The van der Waals surface area contributed by atoms with Gasteiger partial charge in [0.25, 0.3) is 5.91 Å². The molecule has 0 aliphatic rings. The highest BCUT2D eigenvalue weighted by Gasteiger charge is 2.13. The molecule has 1 heterocycles. The Morgan fingerprint density at radius 2 is 1.71 bits per heavy atom. The molecule has 0 saturated carbocycles. The van der Waals surface area contributed by atoms with Crippen molar-refractivity contribution in [3.05, 3.63) is 56.2 Å². The second-order valence-electron chi connectivity index (χ2n) is 3.96. The normalized spacial score (nSPS) is 10.2. The molecular weight excluding hydrogens is 383 g/mol. The molecule has 0 aliphatic carbocycles. The van der Waals surface area contributed by atoms with Crippen LogP contribution in [0.15, 0.2) is 34.8 Å². The zero-order valence-electron chi connectivity index (χ0n) is 10.2. The lowest BCUT2D eigenvalue weighted by Crippen LogP contribution is -2.13. The number of hydrogen-bond donors (Lipinski definition) is 2. The van der Waals surface area contributed by atoms with E-state index in [-0.39, 0.29) is 21.4 Å². The molecule has 0 aliphatic heterocycles. The molecule has 5 nitrogen and oxygen atoms in total. The molecule has 0 fully saturated rings. The summed E-state index contributed by atoms with van der Waals surface area (Å²) in [7, 11) is 0. The fourth-order valence-electron chi connectivity index (χ4n) is 1.54. The number of pyridine rings is 1. The SMILES string of the molecule is O=C(O)c1ccc(Br)c(NC(=O)c2cc(Cl)nc(Cl)c2)c1. The zero-order chi connectivity index (χ0) is 15.6. The summed E-state index contributed by atoms with van der Waals surface area (Å²) < 4.78 is 0.548. The monoisotopic (exact) mass is 388 g/mol. The minimum atomic E-state index is -1.09. The molecule has 0 unspecified atom stereocenters. The summed E-state index contributed by atoms with van der Waals surface area (Å²) in [6, 6.07) is 7.01. The number of halogens is 3. The molecule has 1 aromatic carbocycles. The van der Waals surface area contributed by atoms with Crippen molar-refractivity contribution in [1.29, 1.82) is 0 Å². The second-order valence-corrected chi connectivity index (χ2v) is 5.58. The number of nitrogens with one attached hydrogen (secondary N) is 1. The lowest BCUT2D eigenvalue weighted by Gasteiger charge is -2.09. The number of rotatable bonds is 3. The number of carboxylic acid groups (broad SMARTS) is 1. The first-order valence-corrected chi connectivity index (χ1v) is 7.09. The molecule has 1 amide bonds. The third kappa shape index (κ3) is 3.93. The molecule has 0 bridgehead atoms. The van der Waals surface area contributed by atoms with Crippen molar-refractivity contribution in [1.82, 2.24) is 4.98 Å².